The number of primary amides is 1. The van der Waals surface area contributed by atoms with E-state index in [1.54, 1.807) is 12.1 Å². The number of hydrogen-bond donors (Lipinski definition) is 4. The van der Waals surface area contributed by atoms with Crippen molar-refractivity contribution in [3.05, 3.63) is 87.1 Å². The molecule has 0 saturated heterocycles. The third-order valence-electron chi connectivity index (χ3n) is 6.40. The van der Waals surface area contributed by atoms with Crippen molar-refractivity contribution >= 4 is 45.0 Å². The van der Waals surface area contributed by atoms with Crippen LogP contribution < -0.4 is 21.5 Å². The molecular weight excluding hydrogens is 598 g/mol. The Morgan fingerprint density at radius 2 is 1.90 bits per heavy atom. The lowest BCUT2D eigenvalue weighted by atomic mass is 9.87. The zero-order valence-corrected chi connectivity index (χ0v) is 24.4. The first-order chi connectivity index (χ1) is 19.1. The van der Waals surface area contributed by atoms with Crippen LogP contribution in [0.1, 0.15) is 41.3 Å². The van der Waals surface area contributed by atoms with Gasteiger partial charge in [0.05, 0.1) is 27.9 Å². The third-order valence-corrected chi connectivity index (χ3v) is 7.41. The van der Waals surface area contributed by atoms with Crippen LogP contribution in [0.2, 0.25) is 5.02 Å². The van der Waals surface area contributed by atoms with Gasteiger partial charge >= 0.3 is 0 Å². The first kappa shape index (κ1) is 29.5. The molecule has 2 unspecified atom stereocenters. The fraction of sp³-hybridized carbons (Fsp3) is 0.276. The number of imidazole rings is 1. The number of amides is 2. The van der Waals surface area contributed by atoms with Crippen molar-refractivity contribution in [2.75, 3.05) is 13.2 Å². The van der Waals surface area contributed by atoms with Crippen LogP contribution >= 0.6 is 27.5 Å². The highest BCUT2D eigenvalue weighted by Gasteiger charge is 2.26. The fourth-order valence-corrected chi connectivity index (χ4v) is 5.27. The largest absolute Gasteiger partial charge is 0.489 e. The van der Waals surface area contributed by atoms with E-state index in [-0.39, 0.29) is 23.2 Å². The molecule has 2 aromatic carbocycles. The van der Waals surface area contributed by atoms with Crippen molar-refractivity contribution in [3.63, 3.8) is 0 Å². The molecule has 0 spiro atoms. The average Bonchev–Trinajstić information content (AvgIpc) is 3.37. The first-order valence-electron chi connectivity index (χ1n) is 12.7. The number of carbonyl (C=O) groups excluding carboxylic acids is 2. The van der Waals surface area contributed by atoms with Crippen LogP contribution in [-0.2, 0) is 11.2 Å². The second-order valence-corrected chi connectivity index (χ2v) is 10.9. The van der Waals surface area contributed by atoms with Gasteiger partial charge in [0, 0.05) is 36.0 Å². The standard InChI is InChI=1S/C29H31BrClN5O4/c1-16(2)40-24-10-9-20(27(33)38)25(26(24)31)19(13-34-29(39)22(32)15-37)12-17-5-7-18(8-6-17)23-14-36-11-3-4-21(30)28(36)35-23/h3-11,14,16,19,22,37H,12-13,15,32H2,1-2H3,(H2,33,38)(H,34,39). The summed E-state index contributed by atoms with van der Waals surface area (Å²) in [4.78, 5) is 29.6. The molecule has 0 aliphatic heterocycles. The number of rotatable bonds is 11. The molecule has 0 saturated carbocycles. The van der Waals surface area contributed by atoms with E-state index >= 15 is 0 Å². The summed E-state index contributed by atoms with van der Waals surface area (Å²) >= 11 is 10.3. The molecule has 6 N–H and O–H groups in total. The maximum atomic E-state index is 12.4. The zero-order valence-electron chi connectivity index (χ0n) is 22.1. The number of nitrogens with two attached hydrogens (primary N) is 2. The quantitative estimate of drug-likeness (QED) is 0.197. The number of benzene rings is 2. The fourth-order valence-electron chi connectivity index (χ4n) is 4.46. The number of hydrogen-bond acceptors (Lipinski definition) is 6. The van der Waals surface area contributed by atoms with E-state index in [9.17, 15) is 14.7 Å². The Morgan fingerprint density at radius 1 is 1.18 bits per heavy atom. The molecule has 2 amide bonds. The predicted molar refractivity (Wildman–Crippen MR) is 159 cm³/mol. The topological polar surface area (TPSA) is 145 Å². The number of aliphatic hydroxyl groups excluding tert-OH is 1. The van der Waals surface area contributed by atoms with E-state index in [4.69, 9.17) is 32.8 Å². The molecule has 9 nitrogen and oxygen atoms in total. The summed E-state index contributed by atoms with van der Waals surface area (Å²) in [6, 6.07) is 13.9. The highest BCUT2D eigenvalue weighted by atomic mass is 79.9. The van der Waals surface area contributed by atoms with Gasteiger partial charge in [-0.1, -0.05) is 35.9 Å². The molecule has 11 heteroatoms. The van der Waals surface area contributed by atoms with E-state index < -0.39 is 30.4 Å². The number of aliphatic hydroxyl groups is 1. The van der Waals surface area contributed by atoms with Gasteiger partial charge in [-0.3, -0.25) is 9.59 Å². The van der Waals surface area contributed by atoms with Crippen LogP contribution in [0.15, 0.2) is 65.4 Å². The molecular formula is C29H31BrClN5O4. The highest BCUT2D eigenvalue weighted by Crippen LogP contribution is 2.38. The summed E-state index contributed by atoms with van der Waals surface area (Å²) in [5, 5.41) is 12.3. The number of pyridine rings is 1. The normalized spacial score (nSPS) is 12.9. The number of halogens is 2. The van der Waals surface area contributed by atoms with Crippen LogP contribution in [0.3, 0.4) is 0 Å². The van der Waals surface area contributed by atoms with E-state index in [2.05, 4.69) is 21.2 Å². The van der Waals surface area contributed by atoms with Crippen LogP contribution in [0, 0.1) is 0 Å². The Kier molecular flexibility index (Phi) is 9.47. The number of carbonyl (C=O) groups is 2. The van der Waals surface area contributed by atoms with E-state index in [1.165, 1.54) is 0 Å². The second kappa shape index (κ2) is 12.8. The number of fused-ring (bicyclic) bond motifs is 1. The first-order valence-corrected chi connectivity index (χ1v) is 13.9. The monoisotopic (exact) mass is 627 g/mol. The molecule has 4 aromatic rings. The van der Waals surface area contributed by atoms with Gasteiger partial charge in [-0.25, -0.2) is 4.98 Å². The zero-order chi connectivity index (χ0) is 29.0. The van der Waals surface area contributed by atoms with Crippen LogP contribution in [0.5, 0.6) is 5.75 Å². The lowest BCUT2D eigenvalue weighted by Gasteiger charge is -2.24. The molecule has 0 radical (unpaired) electrons. The predicted octanol–water partition coefficient (Wildman–Crippen LogP) is 4.07. The number of nitrogens with one attached hydrogen (secondary N) is 1. The minimum atomic E-state index is -1.08. The summed E-state index contributed by atoms with van der Waals surface area (Å²) < 4.78 is 8.71. The van der Waals surface area contributed by atoms with Crippen LogP contribution in [0.4, 0.5) is 0 Å². The van der Waals surface area contributed by atoms with Crippen molar-refractivity contribution in [2.24, 2.45) is 11.5 Å². The van der Waals surface area contributed by atoms with Gasteiger partial charge in [-0.15, -0.1) is 0 Å². The minimum absolute atomic E-state index is 0.0971. The van der Waals surface area contributed by atoms with Crippen molar-refractivity contribution < 1.29 is 19.4 Å². The van der Waals surface area contributed by atoms with Crippen molar-refractivity contribution in [3.8, 4) is 17.0 Å². The molecule has 4 rings (SSSR count). The van der Waals surface area contributed by atoms with Gasteiger partial charge in [-0.05, 0) is 71.6 Å². The van der Waals surface area contributed by atoms with Crippen molar-refractivity contribution in [1.29, 1.82) is 0 Å². The molecule has 40 heavy (non-hydrogen) atoms. The van der Waals surface area contributed by atoms with Gasteiger partial charge in [-0.2, -0.15) is 0 Å². The van der Waals surface area contributed by atoms with Gasteiger partial charge in [0.1, 0.15) is 11.8 Å². The van der Waals surface area contributed by atoms with Crippen molar-refractivity contribution in [2.45, 2.75) is 38.3 Å². The highest BCUT2D eigenvalue weighted by molar-refractivity contribution is 9.10. The molecule has 0 fully saturated rings. The molecule has 2 heterocycles. The SMILES string of the molecule is CC(C)Oc1ccc(C(N)=O)c(C(CNC(=O)C(N)CO)Cc2ccc(-c3cn4cccc(Br)c4n3)cc2)c1Cl. The Morgan fingerprint density at radius 3 is 2.52 bits per heavy atom. The lowest BCUT2D eigenvalue weighted by Crippen LogP contribution is -2.44. The average molecular weight is 629 g/mol. The number of ether oxygens (including phenoxy) is 1. The van der Waals surface area contributed by atoms with Gasteiger partial charge < -0.3 is 31.0 Å². The summed E-state index contributed by atoms with van der Waals surface area (Å²) in [6.07, 6.45) is 4.15. The van der Waals surface area contributed by atoms with Gasteiger partial charge in [0.15, 0.2) is 5.65 Å². The molecule has 210 valence electrons. The van der Waals surface area contributed by atoms with Crippen LogP contribution in [0.25, 0.3) is 16.9 Å². The third kappa shape index (κ3) is 6.64. The van der Waals surface area contributed by atoms with E-state index in [1.807, 2.05) is 67.0 Å². The molecule has 0 bridgehead atoms. The molecule has 0 aliphatic rings. The maximum absolute atomic E-state index is 12.4. The minimum Gasteiger partial charge on any atom is -0.489 e. The summed E-state index contributed by atoms with van der Waals surface area (Å²) in [5.74, 6) is -1.22. The summed E-state index contributed by atoms with van der Waals surface area (Å²) in [6.45, 7) is 3.34. The summed E-state index contributed by atoms with van der Waals surface area (Å²) in [5.41, 5.74) is 15.6. The Hall–Kier alpha value is -3.44. The smallest absolute Gasteiger partial charge is 0.249 e. The summed E-state index contributed by atoms with van der Waals surface area (Å²) in [7, 11) is 0. The number of aromatic nitrogens is 2. The van der Waals surface area contributed by atoms with E-state index in [0.717, 1.165) is 26.9 Å². The Bertz CT molecular complexity index is 1520. The molecule has 2 atom stereocenters. The van der Waals surface area contributed by atoms with Crippen LogP contribution in [-0.4, -0.2) is 51.6 Å². The number of nitrogens with zero attached hydrogens (tertiary/aromatic N) is 2. The second-order valence-electron chi connectivity index (χ2n) is 9.72. The van der Waals surface area contributed by atoms with E-state index in [0.29, 0.717) is 17.7 Å². The Labute approximate surface area is 245 Å². The Balaban J connectivity index is 1.69. The molecule has 2 aromatic heterocycles. The molecule has 0 aliphatic carbocycles. The van der Waals surface area contributed by atoms with Gasteiger partial charge in [0.25, 0.3) is 0 Å². The lowest BCUT2D eigenvalue weighted by molar-refractivity contribution is -0.123. The maximum Gasteiger partial charge on any atom is 0.249 e. The van der Waals surface area contributed by atoms with Crippen molar-refractivity contribution in [1.82, 2.24) is 14.7 Å². The van der Waals surface area contributed by atoms with Gasteiger partial charge in [0.2, 0.25) is 11.8 Å².